The maximum atomic E-state index is 13.2. The maximum Gasteiger partial charge on any atom is 0.270 e. The Labute approximate surface area is 172 Å². The first kappa shape index (κ1) is 18.6. The molecule has 7 heteroatoms. The maximum absolute atomic E-state index is 13.2. The summed E-state index contributed by atoms with van der Waals surface area (Å²) < 4.78 is 1.79. The molecule has 0 spiro atoms. The largest absolute Gasteiger partial charge is 0.333 e. The summed E-state index contributed by atoms with van der Waals surface area (Å²) in [4.78, 5) is 27.1. The smallest absolute Gasteiger partial charge is 0.270 e. The summed E-state index contributed by atoms with van der Waals surface area (Å²) in [7, 11) is 0. The van der Waals surface area contributed by atoms with Crippen molar-refractivity contribution < 1.29 is 9.59 Å². The zero-order valence-electron chi connectivity index (χ0n) is 15.5. The fourth-order valence-electron chi connectivity index (χ4n) is 3.41. The van der Waals surface area contributed by atoms with Crippen LogP contribution in [0.15, 0.2) is 60.3 Å². The van der Waals surface area contributed by atoms with E-state index in [-0.39, 0.29) is 17.2 Å². The normalized spacial score (nSPS) is 15.7. The molecule has 1 aromatic heterocycles. The van der Waals surface area contributed by atoms with Crippen LogP contribution in [-0.4, -0.2) is 21.5 Å². The van der Waals surface area contributed by atoms with Crippen molar-refractivity contribution in [2.24, 2.45) is 0 Å². The minimum atomic E-state index is -0.541. The molecule has 1 saturated heterocycles. The number of thiocarbonyl (C=S) groups is 1. The number of anilines is 1. The van der Waals surface area contributed by atoms with E-state index in [0.29, 0.717) is 11.3 Å². The molecule has 2 heterocycles. The summed E-state index contributed by atoms with van der Waals surface area (Å²) >= 11 is 5.25. The highest BCUT2D eigenvalue weighted by Crippen LogP contribution is 2.27. The van der Waals surface area contributed by atoms with Gasteiger partial charge in [0.05, 0.1) is 11.8 Å². The summed E-state index contributed by atoms with van der Waals surface area (Å²) in [5, 5.41) is 12.6. The Morgan fingerprint density at radius 2 is 1.97 bits per heavy atom. The second kappa shape index (κ2) is 7.34. The second-order valence-corrected chi connectivity index (χ2v) is 7.07. The second-order valence-electron chi connectivity index (χ2n) is 6.68. The van der Waals surface area contributed by atoms with Crippen molar-refractivity contribution in [3.8, 4) is 6.07 Å². The van der Waals surface area contributed by atoms with E-state index in [1.165, 1.54) is 4.90 Å². The molecule has 1 fully saturated rings. The molecule has 1 N–H and O–H groups in total. The third-order valence-electron chi connectivity index (χ3n) is 4.72. The predicted octanol–water partition coefficient (Wildman–Crippen LogP) is 3.30. The van der Waals surface area contributed by atoms with Gasteiger partial charge in [-0.25, -0.2) is 0 Å². The van der Waals surface area contributed by atoms with Crippen molar-refractivity contribution in [3.05, 3.63) is 71.4 Å². The lowest BCUT2D eigenvalue weighted by Gasteiger charge is -2.29. The lowest BCUT2D eigenvalue weighted by molar-refractivity contribution is -0.122. The number of carbonyl (C=O) groups is 2. The highest BCUT2D eigenvalue weighted by atomic mass is 32.1. The van der Waals surface area contributed by atoms with Crippen molar-refractivity contribution in [3.63, 3.8) is 0 Å². The minimum absolute atomic E-state index is 0.0139. The third kappa shape index (κ3) is 3.30. The number of aryl methyl sites for hydroxylation is 1. The molecule has 2 aromatic carbocycles. The molecule has 0 atom stereocenters. The van der Waals surface area contributed by atoms with Gasteiger partial charge in [0.1, 0.15) is 12.1 Å². The Kier molecular flexibility index (Phi) is 4.71. The summed E-state index contributed by atoms with van der Waals surface area (Å²) in [6, 6.07) is 17.0. The molecule has 1 aliphatic rings. The number of carbonyl (C=O) groups excluding carboxylic acids is 2. The molecule has 6 nitrogen and oxygen atoms in total. The van der Waals surface area contributed by atoms with Gasteiger partial charge < -0.3 is 4.57 Å². The van der Waals surface area contributed by atoms with E-state index in [0.717, 1.165) is 16.5 Å². The highest BCUT2D eigenvalue weighted by Gasteiger charge is 2.34. The molecule has 0 unspecified atom stereocenters. The monoisotopic (exact) mass is 400 g/mol. The van der Waals surface area contributed by atoms with Gasteiger partial charge in [0.25, 0.3) is 11.8 Å². The van der Waals surface area contributed by atoms with Crippen LogP contribution in [0.3, 0.4) is 0 Å². The van der Waals surface area contributed by atoms with E-state index in [2.05, 4.69) is 11.4 Å². The van der Waals surface area contributed by atoms with Gasteiger partial charge in [0, 0.05) is 22.7 Å². The number of benzene rings is 2. The van der Waals surface area contributed by atoms with Crippen molar-refractivity contribution in [2.45, 2.75) is 13.5 Å². The van der Waals surface area contributed by atoms with Gasteiger partial charge in [0.15, 0.2) is 5.11 Å². The van der Waals surface area contributed by atoms with Crippen LogP contribution in [0.1, 0.15) is 11.1 Å². The molecule has 2 amide bonds. The van der Waals surface area contributed by atoms with Crippen molar-refractivity contribution in [1.29, 1.82) is 5.26 Å². The molecule has 4 rings (SSSR count). The molecular weight excluding hydrogens is 384 g/mol. The lowest BCUT2D eigenvalue weighted by atomic mass is 10.1. The molecule has 1 aliphatic heterocycles. The number of para-hydroxylation sites is 1. The van der Waals surface area contributed by atoms with Crippen LogP contribution in [-0.2, 0) is 16.1 Å². The fourth-order valence-corrected chi connectivity index (χ4v) is 3.69. The molecule has 0 aliphatic carbocycles. The summed E-state index contributed by atoms with van der Waals surface area (Å²) in [6.45, 7) is 2.09. The standard InChI is InChI=1S/C22H16N4O2S/c1-14-5-4-6-16(11-14)26-21(28)18(20(27)24-22(26)29)12-15-13-25(10-9-23)19-8-3-2-7-17(15)19/h2-8,11-13H,10H2,1H3,(H,24,27,29)/b18-12+. The lowest BCUT2D eigenvalue weighted by Crippen LogP contribution is -2.54. The number of nitrogens with one attached hydrogen (secondary N) is 1. The van der Waals surface area contributed by atoms with Gasteiger partial charge in [-0.1, -0.05) is 30.3 Å². The van der Waals surface area contributed by atoms with E-state index in [4.69, 9.17) is 17.5 Å². The Morgan fingerprint density at radius 1 is 1.17 bits per heavy atom. The predicted molar refractivity (Wildman–Crippen MR) is 115 cm³/mol. The number of nitrogens with zero attached hydrogens (tertiary/aromatic N) is 3. The minimum Gasteiger partial charge on any atom is -0.333 e. The van der Waals surface area contributed by atoms with Crippen LogP contribution in [0.2, 0.25) is 0 Å². The third-order valence-corrected chi connectivity index (χ3v) is 5.01. The Hall–Kier alpha value is -3.76. The van der Waals surface area contributed by atoms with E-state index in [1.807, 2.05) is 49.4 Å². The molecular formula is C22H16N4O2S. The summed E-state index contributed by atoms with van der Waals surface area (Å²) in [6.07, 6.45) is 3.32. The number of rotatable bonds is 3. The van der Waals surface area contributed by atoms with Gasteiger partial charge in [-0.15, -0.1) is 0 Å². The quantitative estimate of drug-likeness (QED) is 0.416. The number of hydrogen-bond donors (Lipinski definition) is 1. The molecule has 142 valence electrons. The van der Waals surface area contributed by atoms with Gasteiger partial charge in [-0.3, -0.25) is 19.8 Å². The van der Waals surface area contributed by atoms with Gasteiger partial charge in [0.2, 0.25) is 0 Å². The topological polar surface area (TPSA) is 78.1 Å². The zero-order chi connectivity index (χ0) is 20.5. The van der Waals surface area contributed by atoms with Gasteiger partial charge in [-0.05, 0) is 49.0 Å². The highest BCUT2D eigenvalue weighted by molar-refractivity contribution is 7.80. The van der Waals surface area contributed by atoms with E-state index in [1.54, 1.807) is 22.9 Å². The van der Waals surface area contributed by atoms with Crippen LogP contribution in [0.5, 0.6) is 0 Å². The molecule has 0 bridgehead atoms. The van der Waals surface area contributed by atoms with E-state index < -0.39 is 11.8 Å². The molecule has 29 heavy (non-hydrogen) atoms. The number of aromatic nitrogens is 1. The van der Waals surface area contributed by atoms with Crippen molar-refractivity contribution in [1.82, 2.24) is 9.88 Å². The average Bonchev–Trinajstić information content (AvgIpc) is 3.03. The Morgan fingerprint density at radius 3 is 2.72 bits per heavy atom. The van der Waals surface area contributed by atoms with Crippen LogP contribution >= 0.6 is 12.2 Å². The first-order valence-electron chi connectivity index (χ1n) is 8.92. The van der Waals surface area contributed by atoms with Crippen LogP contribution < -0.4 is 10.2 Å². The Balaban J connectivity index is 1.82. The molecule has 3 aromatic rings. The van der Waals surface area contributed by atoms with Crippen molar-refractivity contribution in [2.75, 3.05) is 4.90 Å². The van der Waals surface area contributed by atoms with Crippen LogP contribution in [0.4, 0.5) is 5.69 Å². The van der Waals surface area contributed by atoms with Crippen LogP contribution in [0.25, 0.3) is 17.0 Å². The van der Waals surface area contributed by atoms with E-state index in [9.17, 15) is 9.59 Å². The first-order chi connectivity index (χ1) is 14.0. The zero-order valence-corrected chi connectivity index (χ0v) is 16.4. The Bertz CT molecular complexity index is 1250. The average molecular weight is 400 g/mol. The summed E-state index contributed by atoms with van der Waals surface area (Å²) in [5.74, 6) is -1.03. The van der Waals surface area contributed by atoms with Gasteiger partial charge in [-0.2, -0.15) is 5.26 Å². The van der Waals surface area contributed by atoms with E-state index >= 15 is 0 Å². The number of amides is 2. The van der Waals surface area contributed by atoms with Gasteiger partial charge >= 0.3 is 0 Å². The fraction of sp³-hybridized carbons (Fsp3) is 0.0909. The number of nitriles is 1. The molecule has 0 saturated carbocycles. The summed E-state index contributed by atoms with van der Waals surface area (Å²) in [5.41, 5.74) is 3.10. The van der Waals surface area contributed by atoms with Crippen LogP contribution in [0, 0.1) is 18.3 Å². The van der Waals surface area contributed by atoms with Crippen molar-refractivity contribution >= 4 is 51.8 Å². The molecule has 0 radical (unpaired) electrons. The SMILES string of the molecule is Cc1cccc(N2C(=O)/C(=C/c3cn(CC#N)c4ccccc34)C(=O)NC2=S)c1. The number of hydrogen-bond acceptors (Lipinski definition) is 4. The number of fused-ring (bicyclic) bond motifs is 1. The first-order valence-corrected chi connectivity index (χ1v) is 9.33.